The SMILES string of the molecule is COc1cc(C(=O)OCC(=O)Nc2ccc(C(N)=O)cc2)cc(NC(=O)c2ccco2)c1OC. The van der Waals surface area contributed by atoms with Crippen LogP contribution in [0.4, 0.5) is 11.4 Å². The van der Waals surface area contributed by atoms with Gasteiger partial charge in [-0.3, -0.25) is 14.4 Å². The quantitative estimate of drug-likeness (QED) is 0.405. The lowest BCUT2D eigenvalue weighted by Gasteiger charge is -2.15. The van der Waals surface area contributed by atoms with E-state index in [1.807, 2.05) is 0 Å². The highest BCUT2D eigenvalue weighted by Crippen LogP contribution is 2.37. The zero-order valence-corrected chi connectivity index (χ0v) is 18.2. The summed E-state index contributed by atoms with van der Waals surface area (Å²) in [5, 5.41) is 5.11. The lowest BCUT2D eigenvalue weighted by Crippen LogP contribution is -2.21. The number of hydrogen-bond acceptors (Lipinski definition) is 8. The van der Waals surface area contributed by atoms with E-state index < -0.39 is 30.3 Å². The van der Waals surface area contributed by atoms with E-state index in [2.05, 4.69) is 10.6 Å². The Kier molecular flexibility index (Phi) is 7.49. The molecule has 0 unspecified atom stereocenters. The Morgan fingerprint density at radius 3 is 2.26 bits per heavy atom. The van der Waals surface area contributed by atoms with E-state index >= 15 is 0 Å². The van der Waals surface area contributed by atoms with Crippen LogP contribution in [0.3, 0.4) is 0 Å². The molecule has 176 valence electrons. The van der Waals surface area contributed by atoms with Crippen molar-refractivity contribution < 1.29 is 37.8 Å². The zero-order valence-electron chi connectivity index (χ0n) is 18.2. The van der Waals surface area contributed by atoms with E-state index in [9.17, 15) is 19.2 Å². The summed E-state index contributed by atoms with van der Waals surface area (Å²) >= 11 is 0. The molecule has 0 aliphatic carbocycles. The summed E-state index contributed by atoms with van der Waals surface area (Å²) in [7, 11) is 2.74. The van der Waals surface area contributed by atoms with Gasteiger partial charge in [-0.05, 0) is 48.5 Å². The van der Waals surface area contributed by atoms with Gasteiger partial charge in [-0.2, -0.15) is 0 Å². The van der Waals surface area contributed by atoms with Crippen molar-refractivity contribution in [1.82, 2.24) is 0 Å². The van der Waals surface area contributed by atoms with Gasteiger partial charge in [0.25, 0.3) is 11.8 Å². The van der Waals surface area contributed by atoms with Crippen molar-refractivity contribution >= 4 is 35.1 Å². The summed E-state index contributed by atoms with van der Waals surface area (Å²) in [6.07, 6.45) is 1.34. The minimum Gasteiger partial charge on any atom is -0.493 e. The highest BCUT2D eigenvalue weighted by molar-refractivity contribution is 6.04. The number of nitrogens with one attached hydrogen (secondary N) is 2. The molecule has 1 aromatic heterocycles. The van der Waals surface area contributed by atoms with E-state index in [-0.39, 0.29) is 34.1 Å². The molecule has 0 aliphatic rings. The fraction of sp³-hybridized carbons (Fsp3) is 0.130. The summed E-state index contributed by atoms with van der Waals surface area (Å²) in [6.45, 7) is -0.584. The normalized spacial score (nSPS) is 10.2. The lowest BCUT2D eigenvalue weighted by atomic mass is 10.1. The molecule has 0 bridgehead atoms. The molecule has 4 N–H and O–H groups in total. The molecular formula is C23H21N3O8. The minimum absolute atomic E-state index is 0.00556. The number of nitrogens with two attached hydrogens (primary N) is 1. The number of ether oxygens (including phenoxy) is 3. The van der Waals surface area contributed by atoms with Crippen LogP contribution in [0.15, 0.2) is 59.2 Å². The molecule has 0 saturated heterocycles. The first-order valence-electron chi connectivity index (χ1n) is 9.80. The van der Waals surface area contributed by atoms with Gasteiger partial charge in [0.05, 0.1) is 31.7 Å². The molecule has 2 aromatic carbocycles. The fourth-order valence-corrected chi connectivity index (χ4v) is 2.90. The average Bonchev–Trinajstić information content (AvgIpc) is 3.37. The third kappa shape index (κ3) is 5.71. The van der Waals surface area contributed by atoms with Gasteiger partial charge in [0.1, 0.15) is 0 Å². The number of furan rings is 1. The number of carbonyl (C=O) groups is 4. The summed E-state index contributed by atoms with van der Waals surface area (Å²) in [6, 6.07) is 11.6. The van der Waals surface area contributed by atoms with Crippen molar-refractivity contribution in [1.29, 1.82) is 0 Å². The van der Waals surface area contributed by atoms with Crippen LogP contribution < -0.4 is 25.8 Å². The van der Waals surface area contributed by atoms with E-state index in [1.54, 1.807) is 6.07 Å². The smallest absolute Gasteiger partial charge is 0.338 e. The first kappa shape index (κ1) is 23.9. The van der Waals surface area contributed by atoms with Crippen LogP contribution in [-0.2, 0) is 9.53 Å². The van der Waals surface area contributed by atoms with Gasteiger partial charge in [0.15, 0.2) is 23.9 Å². The third-order valence-electron chi connectivity index (χ3n) is 4.50. The molecule has 0 saturated carbocycles. The van der Waals surface area contributed by atoms with Crippen LogP contribution in [0.5, 0.6) is 11.5 Å². The molecule has 11 heteroatoms. The van der Waals surface area contributed by atoms with Gasteiger partial charge < -0.3 is 35.0 Å². The monoisotopic (exact) mass is 467 g/mol. The van der Waals surface area contributed by atoms with Gasteiger partial charge in [0.2, 0.25) is 5.91 Å². The van der Waals surface area contributed by atoms with Crippen LogP contribution in [0.2, 0.25) is 0 Å². The van der Waals surface area contributed by atoms with Gasteiger partial charge in [-0.25, -0.2) is 4.79 Å². The van der Waals surface area contributed by atoms with Crippen molar-refractivity contribution in [3.8, 4) is 11.5 Å². The molecule has 1 heterocycles. The van der Waals surface area contributed by atoms with E-state index in [0.29, 0.717) is 5.69 Å². The van der Waals surface area contributed by atoms with E-state index in [0.717, 1.165) is 0 Å². The summed E-state index contributed by atoms with van der Waals surface area (Å²) in [5.74, 6) is -2.23. The van der Waals surface area contributed by atoms with Crippen molar-refractivity contribution in [2.75, 3.05) is 31.5 Å². The Labute approximate surface area is 193 Å². The Hall–Kier alpha value is -4.80. The fourth-order valence-electron chi connectivity index (χ4n) is 2.90. The number of anilines is 2. The predicted octanol–water partition coefficient (Wildman–Crippen LogP) is 2.44. The highest BCUT2D eigenvalue weighted by Gasteiger charge is 2.20. The largest absolute Gasteiger partial charge is 0.493 e. The number of esters is 1. The molecular weight excluding hydrogens is 446 g/mol. The summed E-state index contributed by atoms with van der Waals surface area (Å²) in [5.41, 5.74) is 5.99. The average molecular weight is 467 g/mol. The summed E-state index contributed by atoms with van der Waals surface area (Å²) in [4.78, 5) is 48.2. The van der Waals surface area contributed by atoms with Crippen LogP contribution in [0, 0.1) is 0 Å². The van der Waals surface area contributed by atoms with E-state index in [1.165, 1.54) is 62.9 Å². The maximum atomic E-state index is 12.6. The number of benzene rings is 2. The molecule has 3 amide bonds. The Morgan fingerprint density at radius 2 is 1.68 bits per heavy atom. The van der Waals surface area contributed by atoms with Crippen molar-refractivity contribution in [2.45, 2.75) is 0 Å². The number of primary amides is 1. The van der Waals surface area contributed by atoms with Gasteiger partial charge in [-0.15, -0.1) is 0 Å². The van der Waals surface area contributed by atoms with Gasteiger partial charge >= 0.3 is 5.97 Å². The second-order valence-corrected chi connectivity index (χ2v) is 6.76. The Morgan fingerprint density at radius 1 is 0.941 bits per heavy atom. The van der Waals surface area contributed by atoms with Gasteiger partial charge in [-0.1, -0.05) is 0 Å². The molecule has 0 spiro atoms. The first-order valence-corrected chi connectivity index (χ1v) is 9.80. The molecule has 0 atom stereocenters. The minimum atomic E-state index is -0.839. The molecule has 3 rings (SSSR count). The number of rotatable bonds is 9. The Bertz CT molecular complexity index is 1200. The molecule has 34 heavy (non-hydrogen) atoms. The zero-order chi connectivity index (χ0) is 24.7. The first-order chi connectivity index (χ1) is 16.3. The molecule has 0 aliphatic heterocycles. The topological polar surface area (TPSA) is 159 Å². The van der Waals surface area contributed by atoms with Crippen LogP contribution in [0.1, 0.15) is 31.3 Å². The third-order valence-corrected chi connectivity index (χ3v) is 4.50. The lowest BCUT2D eigenvalue weighted by molar-refractivity contribution is -0.119. The number of carbonyl (C=O) groups excluding carboxylic acids is 4. The van der Waals surface area contributed by atoms with Crippen molar-refractivity contribution in [3.63, 3.8) is 0 Å². The van der Waals surface area contributed by atoms with Crippen LogP contribution >= 0.6 is 0 Å². The highest BCUT2D eigenvalue weighted by atomic mass is 16.5. The van der Waals surface area contributed by atoms with E-state index in [4.69, 9.17) is 24.4 Å². The molecule has 0 radical (unpaired) electrons. The predicted molar refractivity (Wildman–Crippen MR) is 120 cm³/mol. The Balaban J connectivity index is 1.70. The second-order valence-electron chi connectivity index (χ2n) is 6.76. The van der Waals surface area contributed by atoms with Crippen molar-refractivity contribution in [3.05, 3.63) is 71.7 Å². The number of methoxy groups -OCH3 is 2. The van der Waals surface area contributed by atoms with Gasteiger partial charge in [0, 0.05) is 11.3 Å². The number of hydrogen-bond donors (Lipinski definition) is 3. The molecule has 11 nitrogen and oxygen atoms in total. The maximum absolute atomic E-state index is 12.6. The summed E-state index contributed by atoms with van der Waals surface area (Å²) < 4.78 is 20.7. The molecule has 3 aromatic rings. The second kappa shape index (κ2) is 10.7. The van der Waals surface area contributed by atoms with Crippen molar-refractivity contribution in [2.24, 2.45) is 5.73 Å². The molecule has 0 fully saturated rings. The van der Waals surface area contributed by atoms with Crippen LogP contribution in [0.25, 0.3) is 0 Å². The standard InChI is InChI=1S/C23H21N3O8/c1-31-18-11-14(10-16(20(18)32-2)26-22(29)17-4-3-9-33-17)23(30)34-12-19(27)25-15-7-5-13(6-8-15)21(24)28/h3-11H,12H2,1-2H3,(H2,24,28)(H,25,27)(H,26,29). The maximum Gasteiger partial charge on any atom is 0.338 e. The van der Waals surface area contributed by atoms with Crippen LogP contribution in [-0.4, -0.2) is 44.5 Å². The number of amides is 3.